The maximum absolute atomic E-state index is 13.0. The summed E-state index contributed by atoms with van der Waals surface area (Å²) in [7, 11) is 1.55. The molecule has 1 aliphatic heterocycles. The van der Waals surface area contributed by atoms with Gasteiger partial charge in [-0.25, -0.2) is 0 Å². The normalized spacial score (nSPS) is 14.3. The van der Waals surface area contributed by atoms with Crippen LogP contribution >= 0.6 is 0 Å². The Kier molecular flexibility index (Phi) is 6.56. The van der Waals surface area contributed by atoms with E-state index in [2.05, 4.69) is 30.8 Å². The highest BCUT2D eigenvalue weighted by molar-refractivity contribution is 5.94. The second-order valence-electron chi connectivity index (χ2n) is 8.29. The zero-order chi connectivity index (χ0) is 25.1. The summed E-state index contributed by atoms with van der Waals surface area (Å²) in [6.07, 6.45) is 1.28. The number of aromatic nitrogens is 5. The van der Waals surface area contributed by atoms with Crippen molar-refractivity contribution in [1.29, 1.82) is 0 Å². The molecule has 0 radical (unpaired) electrons. The first-order valence-corrected chi connectivity index (χ1v) is 11.3. The van der Waals surface area contributed by atoms with E-state index in [0.717, 1.165) is 5.82 Å². The van der Waals surface area contributed by atoms with Crippen LogP contribution in [0.5, 0.6) is 11.5 Å². The lowest BCUT2D eigenvalue weighted by Gasteiger charge is -2.31. The van der Waals surface area contributed by atoms with Gasteiger partial charge in [0.15, 0.2) is 11.5 Å². The van der Waals surface area contributed by atoms with Crippen LogP contribution in [-0.4, -0.2) is 58.0 Å². The van der Waals surface area contributed by atoms with Gasteiger partial charge in [0.2, 0.25) is 5.91 Å². The minimum atomic E-state index is -2.97. The molecule has 3 heterocycles. The zero-order valence-corrected chi connectivity index (χ0v) is 19.3. The highest BCUT2D eigenvalue weighted by atomic mass is 19.3. The third-order valence-corrected chi connectivity index (χ3v) is 6.11. The van der Waals surface area contributed by atoms with Crippen molar-refractivity contribution in [2.45, 2.75) is 19.5 Å². The number of methoxy groups -OCH3 is 1. The molecule has 0 spiro atoms. The van der Waals surface area contributed by atoms with Crippen molar-refractivity contribution in [3.8, 4) is 22.6 Å². The van der Waals surface area contributed by atoms with Crippen LogP contribution in [0.3, 0.4) is 0 Å². The summed E-state index contributed by atoms with van der Waals surface area (Å²) in [6, 6.07) is 15.2. The lowest BCUT2D eigenvalue weighted by atomic mass is 9.95. The Morgan fingerprint density at radius 2 is 1.86 bits per heavy atom. The molecule has 36 heavy (non-hydrogen) atoms. The van der Waals surface area contributed by atoms with Crippen LogP contribution in [0.15, 0.2) is 54.6 Å². The molecular formula is C24H23F2N7O3. The highest BCUT2D eigenvalue weighted by Crippen LogP contribution is 2.35. The summed E-state index contributed by atoms with van der Waals surface area (Å²) in [5.41, 5.74) is 2.16. The maximum Gasteiger partial charge on any atom is 0.387 e. The van der Waals surface area contributed by atoms with Crippen LogP contribution in [0.25, 0.3) is 16.8 Å². The van der Waals surface area contributed by atoms with Gasteiger partial charge in [0, 0.05) is 30.3 Å². The number of benzene rings is 2. The molecule has 0 bridgehead atoms. The first-order chi connectivity index (χ1) is 17.5. The first-order valence-electron chi connectivity index (χ1n) is 11.3. The minimum Gasteiger partial charge on any atom is -0.497 e. The quantitative estimate of drug-likeness (QED) is 0.414. The summed E-state index contributed by atoms with van der Waals surface area (Å²) in [4.78, 5) is 15.1. The molecule has 0 aliphatic carbocycles. The SMILES string of the molecule is COc1ccc(-c2cc(NC(=O)C3CCN(c4ccc5nnnn5n4)CC3)ccc2OC(F)F)cc1. The van der Waals surface area contributed by atoms with Gasteiger partial charge >= 0.3 is 6.61 Å². The van der Waals surface area contributed by atoms with Gasteiger partial charge in [-0.3, -0.25) is 4.79 Å². The molecule has 1 saturated heterocycles. The Morgan fingerprint density at radius 3 is 2.58 bits per heavy atom. The second-order valence-corrected chi connectivity index (χ2v) is 8.29. The third kappa shape index (κ3) is 5.02. The Morgan fingerprint density at radius 1 is 1.08 bits per heavy atom. The van der Waals surface area contributed by atoms with E-state index in [4.69, 9.17) is 9.47 Å². The Hall–Kier alpha value is -4.35. The number of carbonyl (C=O) groups is 1. The van der Waals surface area contributed by atoms with E-state index in [1.54, 1.807) is 49.6 Å². The number of rotatable bonds is 7. The molecule has 1 fully saturated rings. The summed E-state index contributed by atoms with van der Waals surface area (Å²) in [5.74, 6) is 1.08. The number of hydrogen-bond acceptors (Lipinski definition) is 8. The van der Waals surface area contributed by atoms with Crippen LogP contribution < -0.4 is 19.7 Å². The largest absolute Gasteiger partial charge is 0.497 e. The van der Waals surface area contributed by atoms with Gasteiger partial charge in [-0.1, -0.05) is 12.1 Å². The van der Waals surface area contributed by atoms with E-state index in [0.29, 0.717) is 54.1 Å². The Balaban J connectivity index is 1.27. The van der Waals surface area contributed by atoms with Gasteiger partial charge in [-0.2, -0.15) is 8.78 Å². The van der Waals surface area contributed by atoms with E-state index in [1.807, 2.05) is 6.07 Å². The molecule has 186 valence electrons. The van der Waals surface area contributed by atoms with Gasteiger partial charge < -0.3 is 19.7 Å². The molecule has 2 aromatic carbocycles. The van der Waals surface area contributed by atoms with Gasteiger partial charge in [-0.05, 0) is 71.3 Å². The summed E-state index contributed by atoms with van der Waals surface area (Å²) in [5, 5.41) is 18.6. The molecule has 1 amide bonds. The van der Waals surface area contributed by atoms with Crippen molar-refractivity contribution in [3.05, 3.63) is 54.6 Å². The first kappa shape index (κ1) is 23.4. The van der Waals surface area contributed by atoms with Gasteiger partial charge in [-0.15, -0.1) is 14.8 Å². The smallest absolute Gasteiger partial charge is 0.387 e. The topological polar surface area (TPSA) is 107 Å². The van der Waals surface area contributed by atoms with Crippen molar-refractivity contribution in [1.82, 2.24) is 25.3 Å². The van der Waals surface area contributed by atoms with E-state index < -0.39 is 6.61 Å². The third-order valence-electron chi connectivity index (χ3n) is 6.11. The average Bonchev–Trinajstić information content (AvgIpc) is 3.37. The number of piperidine rings is 1. The van der Waals surface area contributed by atoms with Crippen LogP contribution in [0.2, 0.25) is 0 Å². The van der Waals surface area contributed by atoms with E-state index >= 15 is 0 Å². The summed E-state index contributed by atoms with van der Waals surface area (Å²) >= 11 is 0. The van der Waals surface area contributed by atoms with Crippen LogP contribution in [0.4, 0.5) is 20.3 Å². The Labute approximate surface area is 204 Å². The number of nitrogens with one attached hydrogen (secondary N) is 1. The van der Waals surface area contributed by atoms with Gasteiger partial charge in [0.25, 0.3) is 0 Å². The molecule has 4 aromatic rings. The number of hydrogen-bond donors (Lipinski definition) is 1. The van der Waals surface area contributed by atoms with Crippen molar-refractivity contribution >= 4 is 23.1 Å². The maximum atomic E-state index is 13.0. The monoisotopic (exact) mass is 495 g/mol. The van der Waals surface area contributed by atoms with Crippen molar-refractivity contribution in [3.63, 3.8) is 0 Å². The Bertz CT molecular complexity index is 1360. The van der Waals surface area contributed by atoms with Crippen LogP contribution in [-0.2, 0) is 4.79 Å². The van der Waals surface area contributed by atoms with Crippen molar-refractivity contribution < 1.29 is 23.0 Å². The van der Waals surface area contributed by atoms with Crippen LogP contribution in [0, 0.1) is 5.92 Å². The lowest BCUT2D eigenvalue weighted by molar-refractivity contribution is -0.120. The number of halogens is 2. The number of amides is 1. The standard InChI is InChI=1S/C24H23F2N7O3/c1-35-18-5-2-15(3-6-18)19-14-17(4-7-20(19)36-24(25)26)27-23(34)16-10-12-32(13-11-16)22-9-8-21-28-30-31-33(21)29-22/h2-9,14,16,24H,10-13H2,1H3,(H,27,34). The fourth-order valence-corrected chi connectivity index (χ4v) is 4.23. The predicted molar refractivity (Wildman–Crippen MR) is 127 cm³/mol. The molecule has 0 unspecified atom stereocenters. The van der Waals surface area contributed by atoms with E-state index in [-0.39, 0.29) is 17.6 Å². The number of tetrazole rings is 1. The molecule has 1 N–H and O–H groups in total. The second kappa shape index (κ2) is 10.1. The number of nitrogens with zero attached hydrogens (tertiary/aromatic N) is 6. The molecular weight excluding hydrogens is 472 g/mol. The fourth-order valence-electron chi connectivity index (χ4n) is 4.23. The molecule has 10 nitrogen and oxygen atoms in total. The highest BCUT2D eigenvalue weighted by Gasteiger charge is 2.26. The number of ether oxygens (including phenoxy) is 2. The van der Waals surface area contributed by atoms with Gasteiger partial charge in [0.05, 0.1) is 7.11 Å². The lowest BCUT2D eigenvalue weighted by Crippen LogP contribution is -2.38. The number of carbonyl (C=O) groups excluding carboxylic acids is 1. The molecule has 12 heteroatoms. The van der Waals surface area contributed by atoms with Gasteiger partial charge in [0.1, 0.15) is 11.5 Å². The van der Waals surface area contributed by atoms with Crippen LogP contribution in [0.1, 0.15) is 12.8 Å². The van der Waals surface area contributed by atoms with Crippen molar-refractivity contribution in [2.75, 3.05) is 30.4 Å². The fraction of sp³-hybridized carbons (Fsp3) is 0.292. The molecule has 1 aliphatic rings. The molecule has 2 aromatic heterocycles. The average molecular weight is 495 g/mol. The summed E-state index contributed by atoms with van der Waals surface area (Å²) in [6.45, 7) is -1.67. The molecule has 0 saturated carbocycles. The predicted octanol–water partition coefficient (Wildman–Crippen LogP) is 3.65. The van der Waals surface area contributed by atoms with Crippen molar-refractivity contribution in [2.24, 2.45) is 5.92 Å². The number of anilines is 2. The molecule has 5 rings (SSSR count). The minimum absolute atomic E-state index is 0.0218. The zero-order valence-electron chi connectivity index (χ0n) is 19.3. The molecule has 0 atom stereocenters. The number of alkyl halides is 2. The summed E-state index contributed by atoms with van der Waals surface area (Å²) < 4.78 is 37.2. The van der Waals surface area contributed by atoms with E-state index in [1.165, 1.54) is 10.7 Å². The van der Waals surface area contributed by atoms with E-state index in [9.17, 15) is 13.6 Å². The number of fused-ring (bicyclic) bond motifs is 1.